The highest BCUT2D eigenvalue weighted by atomic mass is 16.3. The molecule has 0 aromatic heterocycles. The van der Waals surface area contributed by atoms with Crippen LogP contribution in [-0.2, 0) is 11.2 Å². The van der Waals surface area contributed by atoms with Gasteiger partial charge in [0.25, 0.3) is 0 Å². The van der Waals surface area contributed by atoms with Gasteiger partial charge < -0.3 is 10.2 Å². The first-order valence-corrected chi connectivity index (χ1v) is 8.89. The lowest BCUT2D eigenvalue weighted by Gasteiger charge is -2.50. The van der Waals surface area contributed by atoms with E-state index >= 15 is 0 Å². The lowest BCUT2D eigenvalue weighted by Crippen LogP contribution is -2.52. The van der Waals surface area contributed by atoms with Crippen molar-refractivity contribution in [2.45, 2.75) is 37.9 Å². The van der Waals surface area contributed by atoms with Crippen molar-refractivity contribution in [2.75, 3.05) is 0 Å². The van der Waals surface area contributed by atoms with Gasteiger partial charge >= 0.3 is 0 Å². The molecule has 132 valence electrons. The van der Waals surface area contributed by atoms with E-state index < -0.39 is 11.2 Å². The van der Waals surface area contributed by atoms with Crippen LogP contribution < -0.4 is 0 Å². The van der Waals surface area contributed by atoms with Crippen LogP contribution in [0, 0.1) is 50.4 Å². The van der Waals surface area contributed by atoms with E-state index in [1.165, 1.54) is 0 Å². The average molecular weight is 344 g/mol. The third-order valence-corrected chi connectivity index (χ3v) is 5.77. The lowest BCUT2D eigenvalue weighted by molar-refractivity contribution is -0.118. The molecule has 0 bridgehead atoms. The van der Waals surface area contributed by atoms with Gasteiger partial charge in [-0.2, -0.15) is 0 Å². The highest BCUT2D eigenvalue weighted by Crippen LogP contribution is 2.53. The van der Waals surface area contributed by atoms with E-state index in [4.69, 9.17) is 12.8 Å². The van der Waals surface area contributed by atoms with E-state index in [2.05, 4.69) is 11.8 Å². The minimum Gasteiger partial charge on any atom is -0.373 e. The molecule has 1 fully saturated rings. The van der Waals surface area contributed by atoms with E-state index in [-0.39, 0.29) is 11.8 Å². The van der Waals surface area contributed by atoms with Crippen molar-refractivity contribution in [2.24, 2.45) is 11.8 Å². The molecule has 0 unspecified atom stereocenters. The Kier molecular flexibility index (Phi) is 4.68. The van der Waals surface area contributed by atoms with Crippen LogP contribution in [0.5, 0.6) is 0 Å². The van der Waals surface area contributed by atoms with Crippen molar-refractivity contribution in [3.63, 3.8) is 0 Å². The zero-order valence-electron chi connectivity index (χ0n) is 15.2. The van der Waals surface area contributed by atoms with E-state index in [0.717, 1.165) is 24.0 Å². The Morgan fingerprint density at radius 3 is 1.27 bits per heavy atom. The van der Waals surface area contributed by atoms with Gasteiger partial charge in [-0.15, -0.1) is 12.8 Å². The molecule has 0 heterocycles. The van der Waals surface area contributed by atoms with E-state index in [1.807, 2.05) is 62.4 Å². The van der Waals surface area contributed by atoms with Gasteiger partial charge in [-0.25, -0.2) is 0 Å². The molecular weight excluding hydrogens is 320 g/mol. The molecule has 0 radical (unpaired) electrons. The molecule has 1 saturated carbocycles. The maximum Gasteiger partial charge on any atom is 0.153 e. The smallest absolute Gasteiger partial charge is 0.153 e. The second-order valence-corrected chi connectivity index (χ2v) is 7.34. The molecule has 2 heteroatoms. The van der Waals surface area contributed by atoms with Crippen LogP contribution in [0.1, 0.15) is 35.1 Å². The topological polar surface area (TPSA) is 40.5 Å². The third-order valence-electron chi connectivity index (χ3n) is 5.77. The quantitative estimate of drug-likeness (QED) is 0.831. The van der Waals surface area contributed by atoms with Gasteiger partial charge in [0.2, 0.25) is 0 Å². The van der Waals surface area contributed by atoms with Crippen molar-refractivity contribution in [1.82, 2.24) is 0 Å². The van der Waals surface area contributed by atoms with Gasteiger partial charge in [-0.05, 0) is 37.8 Å². The van der Waals surface area contributed by atoms with Gasteiger partial charge in [-0.3, -0.25) is 0 Å². The summed E-state index contributed by atoms with van der Waals surface area (Å²) in [6.45, 7) is 3.97. The molecule has 1 aliphatic rings. The van der Waals surface area contributed by atoms with Crippen LogP contribution in [0.15, 0.2) is 48.5 Å². The maximum absolute atomic E-state index is 11.3. The van der Waals surface area contributed by atoms with E-state index in [9.17, 15) is 10.2 Å². The summed E-state index contributed by atoms with van der Waals surface area (Å²) in [6.07, 6.45) is 13.0. The molecule has 2 nitrogen and oxygen atoms in total. The van der Waals surface area contributed by atoms with Crippen molar-refractivity contribution < 1.29 is 10.2 Å². The average Bonchev–Trinajstić information content (AvgIpc) is 2.61. The molecule has 0 aliphatic heterocycles. The van der Waals surface area contributed by atoms with Crippen LogP contribution in [0.2, 0.25) is 0 Å². The summed E-state index contributed by atoms with van der Waals surface area (Å²) in [5.41, 5.74) is 0.626. The summed E-state index contributed by atoms with van der Waals surface area (Å²) in [4.78, 5) is 0. The van der Waals surface area contributed by atoms with Crippen molar-refractivity contribution in [3.05, 3.63) is 70.8 Å². The summed E-state index contributed by atoms with van der Waals surface area (Å²) in [6, 6.07) is 15.1. The predicted octanol–water partition coefficient (Wildman–Crippen LogP) is 3.67. The molecule has 2 aromatic rings. The highest BCUT2D eigenvalue weighted by Gasteiger charge is 2.55. The first kappa shape index (κ1) is 18.3. The molecule has 1 aliphatic carbocycles. The Bertz CT molecular complexity index is 791. The molecule has 0 spiro atoms. The normalized spacial score (nSPS) is 23.6. The summed E-state index contributed by atoms with van der Waals surface area (Å²) < 4.78 is 0. The maximum atomic E-state index is 11.3. The number of aliphatic hydroxyl groups is 2. The second-order valence-electron chi connectivity index (χ2n) is 7.34. The fraction of sp³-hybridized carbons (Fsp3) is 0.333. The molecule has 0 amide bonds. The SMILES string of the molecule is C#C[C@@](O)(c1ccc(C)cc1)[C@H]1CC[C@H]1[C@](O)(C#C)c1ccc(C)cc1. The Balaban J connectivity index is 1.99. The molecule has 0 saturated heterocycles. The van der Waals surface area contributed by atoms with E-state index in [1.54, 1.807) is 0 Å². The minimum atomic E-state index is -1.45. The number of hydrogen-bond acceptors (Lipinski definition) is 2. The van der Waals surface area contributed by atoms with Crippen LogP contribution in [0.25, 0.3) is 0 Å². The summed E-state index contributed by atoms with van der Waals surface area (Å²) in [5.74, 6) is 4.54. The Morgan fingerprint density at radius 1 is 0.731 bits per heavy atom. The lowest BCUT2D eigenvalue weighted by atomic mass is 9.56. The number of terminal acetylenes is 2. The summed E-state index contributed by atoms with van der Waals surface area (Å²) in [5, 5.41) is 22.6. The third kappa shape index (κ3) is 2.82. The monoisotopic (exact) mass is 344 g/mol. The fourth-order valence-corrected chi connectivity index (χ4v) is 3.92. The van der Waals surface area contributed by atoms with Crippen molar-refractivity contribution >= 4 is 0 Å². The first-order valence-electron chi connectivity index (χ1n) is 8.89. The van der Waals surface area contributed by atoms with Crippen LogP contribution in [0.3, 0.4) is 0 Å². The summed E-state index contributed by atoms with van der Waals surface area (Å²) >= 11 is 0. The number of hydrogen-bond donors (Lipinski definition) is 2. The first-order chi connectivity index (χ1) is 12.3. The van der Waals surface area contributed by atoms with Gasteiger partial charge in [0, 0.05) is 11.8 Å². The van der Waals surface area contributed by atoms with Gasteiger partial charge in [-0.1, -0.05) is 71.5 Å². The Labute approximate surface area is 155 Å². The molecule has 2 aromatic carbocycles. The van der Waals surface area contributed by atoms with Crippen LogP contribution >= 0.6 is 0 Å². The molecular formula is C24H24O2. The highest BCUT2D eigenvalue weighted by molar-refractivity contribution is 5.39. The second kappa shape index (κ2) is 6.65. The molecule has 4 atom stereocenters. The Hall–Kier alpha value is -2.52. The van der Waals surface area contributed by atoms with Crippen molar-refractivity contribution in [3.8, 4) is 24.7 Å². The van der Waals surface area contributed by atoms with E-state index in [0.29, 0.717) is 11.1 Å². The zero-order valence-corrected chi connectivity index (χ0v) is 15.2. The van der Waals surface area contributed by atoms with Crippen LogP contribution in [0.4, 0.5) is 0 Å². The fourth-order valence-electron chi connectivity index (χ4n) is 3.92. The standard InChI is InChI=1S/C24H24O2/c1-5-23(25,19-11-7-17(3)8-12-19)21-15-16-22(21)24(26,6-2)20-13-9-18(4)10-14-20/h1-2,7-14,21-22,25-26H,15-16H2,3-4H3/t21-,22+,23+,24-. The number of aryl methyl sites for hydroxylation is 2. The summed E-state index contributed by atoms with van der Waals surface area (Å²) in [7, 11) is 0. The number of rotatable bonds is 4. The van der Waals surface area contributed by atoms with Gasteiger partial charge in [0.05, 0.1) is 0 Å². The molecule has 26 heavy (non-hydrogen) atoms. The van der Waals surface area contributed by atoms with Crippen molar-refractivity contribution in [1.29, 1.82) is 0 Å². The van der Waals surface area contributed by atoms with Gasteiger partial charge in [0.15, 0.2) is 11.2 Å². The predicted molar refractivity (Wildman–Crippen MR) is 104 cm³/mol. The van der Waals surface area contributed by atoms with Crippen LogP contribution in [-0.4, -0.2) is 10.2 Å². The largest absolute Gasteiger partial charge is 0.373 e. The van der Waals surface area contributed by atoms with Gasteiger partial charge in [0.1, 0.15) is 0 Å². The zero-order chi connectivity index (χ0) is 18.9. The minimum absolute atomic E-state index is 0.308. The Morgan fingerprint density at radius 2 is 1.04 bits per heavy atom. The number of benzene rings is 2. The molecule has 3 rings (SSSR count). The molecule has 2 N–H and O–H groups in total.